The molecule has 0 radical (unpaired) electrons. The van der Waals surface area contributed by atoms with Crippen molar-refractivity contribution in [3.05, 3.63) is 47.5 Å². The summed E-state index contributed by atoms with van der Waals surface area (Å²) in [5, 5.41) is 9.04. The highest BCUT2D eigenvalue weighted by Crippen LogP contribution is 2.37. The molecule has 3 N–H and O–H groups in total. The van der Waals surface area contributed by atoms with Crippen molar-refractivity contribution in [2.75, 3.05) is 12.8 Å². The lowest BCUT2D eigenvalue weighted by molar-refractivity contribution is 0.280. The van der Waals surface area contributed by atoms with Crippen molar-refractivity contribution in [3.63, 3.8) is 0 Å². The maximum absolute atomic E-state index is 13.7. The van der Waals surface area contributed by atoms with Crippen LogP contribution in [0.4, 0.5) is 14.5 Å². The molecule has 0 amide bonds. The van der Waals surface area contributed by atoms with E-state index in [-0.39, 0.29) is 23.8 Å². The lowest BCUT2D eigenvalue weighted by Crippen LogP contribution is -1.99. The summed E-state index contributed by atoms with van der Waals surface area (Å²) in [7, 11) is 1.40. The second-order valence-corrected chi connectivity index (χ2v) is 4.03. The van der Waals surface area contributed by atoms with Crippen LogP contribution in [0.3, 0.4) is 0 Å². The Kier molecular flexibility index (Phi) is 4.05. The number of hydrogen-bond acceptors (Lipinski definition) is 4. The molecule has 2 aromatic rings. The molecule has 4 nitrogen and oxygen atoms in total. The maximum Gasteiger partial charge on any atom is 0.203 e. The molecule has 0 fully saturated rings. The van der Waals surface area contributed by atoms with E-state index in [1.54, 1.807) is 6.07 Å². The van der Waals surface area contributed by atoms with Crippen molar-refractivity contribution in [1.29, 1.82) is 0 Å². The minimum absolute atomic E-state index is 0.0304. The molecule has 0 spiro atoms. The third-order valence-corrected chi connectivity index (χ3v) is 2.70. The van der Waals surface area contributed by atoms with E-state index in [0.717, 1.165) is 6.07 Å². The summed E-state index contributed by atoms with van der Waals surface area (Å²) in [6.45, 7) is -0.174. The minimum Gasteiger partial charge on any atom is -0.493 e. The Balaban J connectivity index is 2.42. The van der Waals surface area contributed by atoms with Crippen molar-refractivity contribution >= 4 is 5.69 Å². The van der Waals surface area contributed by atoms with E-state index in [0.29, 0.717) is 5.56 Å². The molecule has 6 heteroatoms. The van der Waals surface area contributed by atoms with Crippen LogP contribution in [-0.2, 0) is 6.61 Å². The predicted octanol–water partition coefficient (Wildman–Crippen LogP) is 2.84. The number of aliphatic hydroxyl groups excluding tert-OH is 1. The fraction of sp³-hybridized carbons (Fsp3) is 0.143. The Bertz CT molecular complexity index is 632. The first kappa shape index (κ1) is 14.1. The summed E-state index contributed by atoms with van der Waals surface area (Å²) < 4.78 is 37.2. The second kappa shape index (κ2) is 5.75. The summed E-state index contributed by atoms with van der Waals surface area (Å²) in [5.41, 5.74) is 6.14. The predicted molar refractivity (Wildman–Crippen MR) is 69.8 cm³/mol. The number of halogens is 2. The van der Waals surface area contributed by atoms with E-state index in [9.17, 15) is 8.78 Å². The molecule has 0 saturated heterocycles. The first-order valence-corrected chi connectivity index (χ1v) is 5.76. The van der Waals surface area contributed by atoms with E-state index >= 15 is 0 Å². The van der Waals surface area contributed by atoms with Crippen LogP contribution in [0.25, 0.3) is 0 Å². The fourth-order valence-electron chi connectivity index (χ4n) is 1.66. The normalized spacial score (nSPS) is 10.4. The van der Waals surface area contributed by atoms with Gasteiger partial charge in [0.25, 0.3) is 0 Å². The summed E-state index contributed by atoms with van der Waals surface area (Å²) in [6, 6.07) is 6.72. The molecule has 20 heavy (non-hydrogen) atoms. The van der Waals surface area contributed by atoms with Crippen molar-refractivity contribution in [1.82, 2.24) is 0 Å². The number of benzene rings is 2. The molecule has 0 bridgehead atoms. The zero-order valence-corrected chi connectivity index (χ0v) is 10.7. The van der Waals surface area contributed by atoms with Crippen LogP contribution in [0.15, 0.2) is 30.3 Å². The van der Waals surface area contributed by atoms with Crippen LogP contribution in [0.5, 0.6) is 17.2 Å². The Labute approximate surface area is 114 Å². The van der Waals surface area contributed by atoms with Crippen LogP contribution in [0.2, 0.25) is 0 Å². The van der Waals surface area contributed by atoms with E-state index < -0.39 is 17.4 Å². The number of nitrogens with two attached hydrogens (primary N) is 1. The second-order valence-electron chi connectivity index (χ2n) is 4.03. The number of aliphatic hydroxyl groups is 1. The highest BCUT2D eigenvalue weighted by molar-refractivity contribution is 5.56. The monoisotopic (exact) mass is 281 g/mol. The van der Waals surface area contributed by atoms with Gasteiger partial charge in [-0.25, -0.2) is 4.39 Å². The first-order chi connectivity index (χ1) is 9.56. The topological polar surface area (TPSA) is 64.7 Å². The van der Waals surface area contributed by atoms with Gasteiger partial charge in [-0.05, 0) is 29.8 Å². The summed E-state index contributed by atoms with van der Waals surface area (Å²) >= 11 is 0. The lowest BCUT2D eigenvalue weighted by Gasteiger charge is -2.13. The molecule has 0 heterocycles. The van der Waals surface area contributed by atoms with Gasteiger partial charge in [0.05, 0.1) is 19.4 Å². The number of methoxy groups -OCH3 is 1. The molecule has 0 unspecified atom stereocenters. The van der Waals surface area contributed by atoms with E-state index in [2.05, 4.69) is 0 Å². The van der Waals surface area contributed by atoms with Gasteiger partial charge in [0, 0.05) is 0 Å². The Morgan fingerprint density at radius 2 is 1.90 bits per heavy atom. The lowest BCUT2D eigenvalue weighted by atomic mass is 10.2. The molecule has 2 rings (SSSR count). The standard InChI is InChI=1S/C14H13F2NO3/c1-19-12-6-8(7-18)2-5-11(12)20-14-10(17)4-3-9(15)13(14)16/h2-6,18H,7,17H2,1H3. The quantitative estimate of drug-likeness (QED) is 0.846. The van der Waals surface area contributed by atoms with Crippen LogP contribution in [0.1, 0.15) is 5.56 Å². The van der Waals surface area contributed by atoms with Gasteiger partial charge in [0.2, 0.25) is 5.82 Å². The number of ether oxygens (including phenoxy) is 2. The third-order valence-electron chi connectivity index (χ3n) is 2.70. The van der Waals surface area contributed by atoms with Gasteiger partial charge in [0.1, 0.15) is 0 Å². The van der Waals surface area contributed by atoms with Gasteiger partial charge in [-0.2, -0.15) is 4.39 Å². The van der Waals surface area contributed by atoms with Crippen molar-refractivity contribution in [2.24, 2.45) is 0 Å². The molecule has 0 aliphatic rings. The molecule has 0 aliphatic heterocycles. The number of hydrogen-bond donors (Lipinski definition) is 2. The highest BCUT2D eigenvalue weighted by atomic mass is 19.2. The maximum atomic E-state index is 13.7. The number of nitrogen functional groups attached to an aromatic ring is 1. The van der Waals surface area contributed by atoms with Gasteiger partial charge in [0.15, 0.2) is 23.1 Å². The zero-order chi connectivity index (χ0) is 14.7. The average Bonchev–Trinajstić information content (AvgIpc) is 2.47. The van der Waals surface area contributed by atoms with Gasteiger partial charge >= 0.3 is 0 Å². The smallest absolute Gasteiger partial charge is 0.203 e. The van der Waals surface area contributed by atoms with Crippen LogP contribution in [-0.4, -0.2) is 12.2 Å². The van der Waals surface area contributed by atoms with Crippen LogP contribution >= 0.6 is 0 Å². The van der Waals surface area contributed by atoms with Gasteiger partial charge in [-0.3, -0.25) is 0 Å². The van der Waals surface area contributed by atoms with E-state index in [1.807, 2.05) is 0 Å². The molecular formula is C14H13F2NO3. The number of rotatable bonds is 4. The zero-order valence-electron chi connectivity index (χ0n) is 10.7. The average molecular weight is 281 g/mol. The largest absolute Gasteiger partial charge is 0.493 e. The fourth-order valence-corrected chi connectivity index (χ4v) is 1.66. The van der Waals surface area contributed by atoms with Gasteiger partial charge in [-0.1, -0.05) is 6.07 Å². The van der Waals surface area contributed by atoms with Crippen molar-refractivity contribution in [3.8, 4) is 17.2 Å². The highest BCUT2D eigenvalue weighted by Gasteiger charge is 2.16. The first-order valence-electron chi connectivity index (χ1n) is 5.76. The molecular weight excluding hydrogens is 268 g/mol. The molecule has 0 saturated carbocycles. The van der Waals surface area contributed by atoms with Crippen molar-refractivity contribution < 1.29 is 23.4 Å². The van der Waals surface area contributed by atoms with Gasteiger partial charge < -0.3 is 20.3 Å². The van der Waals surface area contributed by atoms with E-state index in [4.69, 9.17) is 20.3 Å². The summed E-state index contributed by atoms with van der Waals surface area (Å²) in [6.07, 6.45) is 0. The molecule has 0 aliphatic carbocycles. The third kappa shape index (κ3) is 2.65. The molecule has 106 valence electrons. The van der Waals surface area contributed by atoms with Gasteiger partial charge in [-0.15, -0.1) is 0 Å². The summed E-state index contributed by atoms with van der Waals surface area (Å²) in [5.74, 6) is -2.18. The number of anilines is 1. The molecule has 0 aromatic heterocycles. The van der Waals surface area contributed by atoms with Crippen LogP contribution < -0.4 is 15.2 Å². The Hall–Kier alpha value is -2.34. The van der Waals surface area contributed by atoms with E-state index in [1.165, 1.54) is 25.3 Å². The minimum atomic E-state index is -1.17. The van der Waals surface area contributed by atoms with Crippen LogP contribution in [0, 0.1) is 11.6 Å². The molecule has 0 atom stereocenters. The Morgan fingerprint density at radius 1 is 1.15 bits per heavy atom. The SMILES string of the molecule is COc1cc(CO)ccc1Oc1c(N)ccc(F)c1F. The Morgan fingerprint density at radius 3 is 2.55 bits per heavy atom. The molecule has 2 aromatic carbocycles. The van der Waals surface area contributed by atoms with Crippen molar-refractivity contribution in [2.45, 2.75) is 6.61 Å². The summed E-state index contributed by atoms with van der Waals surface area (Å²) in [4.78, 5) is 0.